The third kappa shape index (κ3) is 2.79. The summed E-state index contributed by atoms with van der Waals surface area (Å²) in [5, 5.41) is 8.69. The van der Waals surface area contributed by atoms with E-state index < -0.39 is 15.8 Å². The van der Waals surface area contributed by atoms with Gasteiger partial charge in [-0.05, 0) is 23.1 Å². The summed E-state index contributed by atoms with van der Waals surface area (Å²) in [6.45, 7) is 6.17. The Bertz CT molecular complexity index is 424. The van der Waals surface area contributed by atoms with Crippen molar-refractivity contribution in [3.8, 4) is 0 Å². The fraction of sp³-hybridized carbons (Fsp3) is 0.455. The van der Waals surface area contributed by atoms with E-state index in [1.165, 1.54) is 12.1 Å². The molecule has 84 valence electrons. The molecule has 0 atom stereocenters. The molecule has 1 aromatic rings. The molecule has 1 aromatic carbocycles. The summed E-state index contributed by atoms with van der Waals surface area (Å²) in [4.78, 5) is 0.165. The van der Waals surface area contributed by atoms with Gasteiger partial charge in [-0.2, -0.15) is 0 Å². The zero-order valence-corrected chi connectivity index (χ0v) is 10.0. The maximum absolute atomic E-state index is 11.3. The van der Waals surface area contributed by atoms with Gasteiger partial charge in [-0.3, -0.25) is 0 Å². The van der Waals surface area contributed by atoms with Crippen molar-refractivity contribution in [3.63, 3.8) is 0 Å². The van der Waals surface area contributed by atoms with Crippen molar-refractivity contribution in [3.05, 3.63) is 29.8 Å². The molecule has 0 aliphatic rings. The fourth-order valence-electron chi connectivity index (χ4n) is 1.24. The number of rotatable bonds is 2. The smallest absolute Gasteiger partial charge is 0.202 e. The maximum Gasteiger partial charge on any atom is 0.202 e. The second-order valence-electron chi connectivity index (χ2n) is 4.52. The standard InChI is InChI=1S/C11H16O3S/c1-11(2,3)9-4-6-10(7-5-9)15(13,14)8-12/h4-7,12H,8H2,1-3H3. The topological polar surface area (TPSA) is 54.4 Å². The Morgan fingerprint density at radius 3 is 1.93 bits per heavy atom. The van der Waals surface area contributed by atoms with Crippen LogP contribution < -0.4 is 0 Å². The molecule has 0 saturated heterocycles. The molecule has 0 saturated carbocycles. The first-order valence-electron chi connectivity index (χ1n) is 4.71. The van der Waals surface area contributed by atoms with Crippen LogP contribution in [0, 0.1) is 0 Å². The molecule has 0 amide bonds. The third-order valence-electron chi connectivity index (χ3n) is 2.25. The third-order valence-corrected chi connectivity index (χ3v) is 3.58. The van der Waals surface area contributed by atoms with Crippen molar-refractivity contribution in [2.75, 3.05) is 5.94 Å². The quantitative estimate of drug-likeness (QED) is 0.838. The molecular weight excluding hydrogens is 212 g/mol. The number of benzene rings is 1. The monoisotopic (exact) mass is 228 g/mol. The Morgan fingerprint density at radius 1 is 1.13 bits per heavy atom. The minimum Gasteiger partial charge on any atom is -0.380 e. The highest BCUT2D eigenvalue weighted by atomic mass is 32.2. The largest absolute Gasteiger partial charge is 0.380 e. The fourth-order valence-corrected chi connectivity index (χ4v) is 1.94. The summed E-state index contributed by atoms with van der Waals surface area (Å²) >= 11 is 0. The van der Waals surface area contributed by atoms with Gasteiger partial charge >= 0.3 is 0 Å². The highest BCUT2D eigenvalue weighted by Crippen LogP contribution is 2.23. The van der Waals surface area contributed by atoms with Gasteiger partial charge in [0.05, 0.1) is 4.90 Å². The van der Waals surface area contributed by atoms with E-state index in [9.17, 15) is 8.42 Å². The van der Waals surface area contributed by atoms with E-state index in [4.69, 9.17) is 5.11 Å². The van der Waals surface area contributed by atoms with Crippen LogP contribution in [0.15, 0.2) is 29.2 Å². The first kappa shape index (κ1) is 12.2. The van der Waals surface area contributed by atoms with Crippen molar-refractivity contribution in [1.29, 1.82) is 0 Å². The minimum atomic E-state index is -3.50. The predicted molar refractivity (Wildman–Crippen MR) is 59.4 cm³/mol. The zero-order chi connectivity index (χ0) is 11.7. The molecule has 0 unspecified atom stereocenters. The molecule has 1 N–H and O–H groups in total. The summed E-state index contributed by atoms with van der Waals surface area (Å²) < 4.78 is 22.6. The number of hydrogen-bond donors (Lipinski definition) is 1. The van der Waals surface area contributed by atoms with Crippen molar-refractivity contribution >= 4 is 9.84 Å². The Hall–Kier alpha value is -0.870. The van der Waals surface area contributed by atoms with Crippen LogP contribution in [0.5, 0.6) is 0 Å². The lowest BCUT2D eigenvalue weighted by molar-refractivity contribution is 0.358. The molecule has 0 fully saturated rings. The molecule has 15 heavy (non-hydrogen) atoms. The van der Waals surface area contributed by atoms with E-state index >= 15 is 0 Å². The zero-order valence-electron chi connectivity index (χ0n) is 9.19. The second kappa shape index (κ2) is 3.94. The van der Waals surface area contributed by atoms with Crippen LogP contribution >= 0.6 is 0 Å². The molecular formula is C11H16O3S. The summed E-state index contributed by atoms with van der Waals surface area (Å²) in [6.07, 6.45) is 0. The first-order chi connectivity index (χ1) is 6.77. The lowest BCUT2D eigenvalue weighted by atomic mass is 9.87. The minimum absolute atomic E-state index is 0.00149. The molecule has 0 bridgehead atoms. The summed E-state index contributed by atoms with van der Waals surface area (Å²) in [5.74, 6) is -0.845. The molecule has 0 aliphatic heterocycles. The van der Waals surface area contributed by atoms with Crippen LogP contribution in [0.3, 0.4) is 0 Å². The van der Waals surface area contributed by atoms with Crippen molar-refractivity contribution in [1.82, 2.24) is 0 Å². The van der Waals surface area contributed by atoms with Crippen LogP contribution in [-0.4, -0.2) is 19.5 Å². The van der Waals surface area contributed by atoms with Crippen LogP contribution in [0.1, 0.15) is 26.3 Å². The summed E-state index contributed by atoms with van der Waals surface area (Å²) in [5.41, 5.74) is 1.07. The molecule has 3 nitrogen and oxygen atoms in total. The normalized spacial score (nSPS) is 12.8. The second-order valence-corrected chi connectivity index (χ2v) is 6.48. The van der Waals surface area contributed by atoms with Gasteiger partial charge in [-0.25, -0.2) is 8.42 Å². The Kier molecular flexibility index (Phi) is 3.21. The lowest BCUT2D eigenvalue weighted by Crippen LogP contribution is -2.12. The highest BCUT2D eigenvalue weighted by Gasteiger charge is 2.16. The van der Waals surface area contributed by atoms with E-state index in [0.29, 0.717) is 0 Å². The summed E-state index contributed by atoms with van der Waals surface area (Å²) in [7, 11) is -3.50. The van der Waals surface area contributed by atoms with Gasteiger partial charge in [0, 0.05) is 0 Å². The van der Waals surface area contributed by atoms with Crippen LogP contribution in [0.2, 0.25) is 0 Å². The van der Waals surface area contributed by atoms with Gasteiger partial charge in [-0.15, -0.1) is 0 Å². The molecule has 0 aromatic heterocycles. The maximum atomic E-state index is 11.3. The van der Waals surface area contributed by atoms with Crippen molar-refractivity contribution in [2.24, 2.45) is 0 Å². The molecule has 4 heteroatoms. The van der Waals surface area contributed by atoms with Gasteiger partial charge in [0.2, 0.25) is 9.84 Å². The van der Waals surface area contributed by atoms with E-state index in [0.717, 1.165) is 5.56 Å². The van der Waals surface area contributed by atoms with E-state index in [2.05, 4.69) is 20.8 Å². The van der Waals surface area contributed by atoms with E-state index in [-0.39, 0.29) is 10.3 Å². The van der Waals surface area contributed by atoms with Crippen molar-refractivity contribution < 1.29 is 13.5 Å². The van der Waals surface area contributed by atoms with Gasteiger partial charge in [0.15, 0.2) is 0 Å². The number of aliphatic hydroxyl groups is 1. The van der Waals surface area contributed by atoms with E-state index in [1.807, 2.05) is 0 Å². The Morgan fingerprint density at radius 2 is 1.60 bits per heavy atom. The molecule has 0 heterocycles. The Balaban J connectivity index is 3.12. The first-order valence-corrected chi connectivity index (χ1v) is 6.37. The summed E-state index contributed by atoms with van der Waals surface area (Å²) in [6, 6.07) is 6.63. The highest BCUT2D eigenvalue weighted by molar-refractivity contribution is 7.91. The lowest BCUT2D eigenvalue weighted by Gasteiger charge is -2.18. The van der Waals surface area contributed by atoms with Gasteiger partial charge in [0.25, 0.3) is 0 Å². The van der Waals surface area contributed by atoms with Crippen molar-refractivity contribution in [2.45, 2.75) is 31.1 Å². The SMILES string of the molecule is CC(C)(C)c1ccc(S(=O)(=O)CO)cc1. The van der Waals surface area contributed by atoms with Crippen LogP contribution in [0.4, 0.5) is 0 Å². The number of hydrogen-bond acceptors (Lipinski definition) is 3. The average Bonchev–Trinajstić information content (AvgIpc) is 2.17. The Labute approximate surface area is 90.7 Å². The van der Waals surface area contributed by atoms with Crippen LogP contribution in [0.25, 0.3) is 0 Å². The van der Waals surface area contributed by atoms with Gasteiger partial charge < -0.3 is 5.11 Å². The van der Waals surface area contributed by atoms with Crippen LogP contribution in [-0.2, 0) is 15.3 Å². The van der Waals surface area contributed by atoms with E-state index in [1.54, 1.807) is 12.1 Å². The number of aliphatic hydroxyl groups excluding tert-OH is 1. The number of sulfone groups is 1. The van der Waals surface area contributed by atoms with Gasteiger partial charge in [0.1, 0.15) is 5.94 Å². The predicted octanol–water partition coefficient (Wildman–Crippen LogP) is 1.71. The molecule has 0 aliphatic carbocycles. The van der Waals surface area contributed by atoms with Gasteiger partial charge in [-0.1, -0.05) is 32.9 Å². The molecule has 0 radical (unpaired) electrons. The molecule has 1 rings (SSSR count). The average molecular weight is 228 g/mol. The molecule has 0 spiro atoms.